The molecule has 1 atom stereocenters. The number of benzene rings is 1. The van der Waals surface area contributed by atoms with Gasteiger partial charge in [-0.15, -0.1) is 0 Å². The maximum atomic E-state index is 12.7. The fraction of sp³-hybridized carbons (Fsp3) is 0.417. The van der Waals surface area contributed by atoms with Crippen LogP contribution >= 0.6 is 11.6 Å². The number of hydrogen-bond acceptors (Lipinski definition) is 3. The van der Waals surface area contributed by atoms with Crippen molar-refractivity contribution >= 4 is 17.5 Å². The number of halogens is 3. The van der Waals surface area contributed by atoms with Crippen LogP contribution in [0.1, 0.15) is 6.92 Å². The van der Waals surface area contributed by atoms with Crippen molar-refractivity contribution in [2.45, 2.75) is 19.0 Å². The van der Waals surface area contributed by atoms with E-state index in [4.69, 9.17) is 21.4 Å². The first-order chi connectivity index (χ1) is 8.84. The summed E-state index contributed by atoms with van der Waals surface area (Å²) in [7, 11) is 0. The van der Waals surface area contributed by atoms with E-state index in [0.29, 0.717) is 10.8 Å². The van der Waals surface area contributed by atoms with Crippen LogP contribution in [0.4, 0.5) is 8.78 Å². The van der Waals surface area contributed by atoms with Crippen molar-refractivity contribution in [1.82, 2.24) is 5.32 Å². The van der Waals surface area contributed by atoms with Crippen molar-refractivity contribution in [2.75, 3.05) is 13.2 Å². The van der Waals surface area contributed by atoms with Gasteiger partial charge in [-0.3, -0.25) is 4.79 Å². The third kappa shape index (κ3) is 5.40. The fourth-order valence-electron chi connectivity index (χ4n) is 1.21. The molecule has 106 valence electrons. The van der Waals surface area contributed by atoms with Gasteiger partial charge in [0.2, 0.25) is 0 Å². The van der Waals surface area contributed by atoms with Crippen molar-refractivity contribution in [3.63, 3.8) is 0 Å². The van der Waals surface area contributed by atoms with Crippen molar-refractivity contribution in [3.05, 3.63) is 29.3 Å². The lowest BCUT2D eigenvalue weighted by molar-refractivity contribution is -0.130. The number of aliphatic hydroxyl groups is 1. The molecule has 0 saturated heterocycles. The number of rotatable bonds is 6. The summed E-state index contributed by atoms with van der Waals surface area (Å²) in [6, 6.07) is 6.38. The number of ether oxygens (including phenoxy) is 1. The van der Waals surface area contributed by atoms with E-state index in [2.05, 4.69) is 0 Å². The second-order valence-corrected chi connectivity index (χ2v) is 4.39. The molecule has 1 amide bonds. The molecule has 0 fully saturated rings. The molecule has 0 bridgehead atoms. The molecule has 0 aliphatic carbocycles. The number of amides is 1. The lowest BCUT2D eigenvalue weighted by atomic mass is 10.3. The number of carbonyl (C=O) groups is 1. The minimum Gasteiger partial charge on any atom is -0.481 e. The van der Waals surface area contributed by atoms with E-state index < -0.39 is 31.1 Å². The largest absolute Gasteiger partial charge is 0.481 e. The Morgan fingerprint density at radius 1 is 1.58 bits per heavy atom. The number of carbonyl (C=O) groups excluding carboxylic acids is 1. The van der Waals surface area contributed by atoms with Gasteiger partial charge in [-0.2, -0.15) is 0 Å². The van der Waals surface area contributed by atoms with E-state index in [1.807, 2.05) is 5.32 Å². The van der Waals surface area contributed by atoms with Crippen LogP contribution in [0.3, 0.4) is 0 Å². The zero-order chi connectivity index (χ0) is 14.5. The van der Waals surface area contributed by atoms with E-state index in [9.17, 15) is 13.6 Å². The highest BCUT2D eigenvalue weighted by Gasteiger charge is 2.29. The first-order valence-corrected chi connectivity index (χ1v) is 5.90. The Morgan fingerprint density at radius 2 is 2.26 bits per heavy atom. The van der Waals surface area contributed by atoms with Crippen molar-refractivity contribution in [1.29, 1.82) is 0 Å². The highest BCUT2D eigenvalue weighted by molar-refractivity contribution is 6.30. The first-order valence-electron chi connectivity index (χ1n) is 5.53. The number of aliphatic hydroxyl groups excluding tert-OH is 1. The summed E-state index contributed by atoms with van der Waals surface area (Å²) >= 11 is 5.74. The van der Waals surface area contributed by atoms with E-state index in [0.717, 1.165) is 0 Å². The van der Waals surface area contributed by atoms with Gasteiger partial charge in [0, 0.05) is 5.02 Å². The second-order valence-electron chi connectivity index (χ2n) is 3.95. The first kappa shape index (κ1) is 15.7. The lowest BCUT2D eigenvalue weighted by Crippen LogP contribution is -2.44. The molecule has 1 rings (SSSR count). The standard InChI is InChI=1S/C12H14ClF2NO3/c1-8(11(18)16-6-12(14,15)7-17)19-10-4-2-3-9(13)5-10/h2-5,8,17H,6-7H2,1H3,(H,16,18). The van der Waals surface area contributed by atoms with Gasteiger partial charge in [-0.05, 0) is 25.1 Å². The van der Waals surface area contributed by atoms with Crippen LogP contribution in [0, 0.1) is 0 Å². The smallest absolute Gasteiger partial charge is 0.287 e. The highest BCUT2D eigenvalue weighted by Crippen LogP contribution is 2.18. The molecule has 1 aromatic rings. The Bertz CT molecular complexity index is 443. The van der Waals surface area contributed by atoms with Gasteiger partial charge < -0.3 is 15.2 Å². The summed E-state index contributed by atoms with van der Waals surface area (Å²) in [6.45, 7) is -0.838. The van der Waals surface area contributed by atoms with Gasteiger partial charge in [0.1, 0.15) is 12.4 Å². The molecular formula is C12H14ClF2NO3. The van der Waals surface area contributed by atoms with Gasteiger partial charge in [-0.25, -0.2) is 8.78 Å². The summed E-state index contributed by atoms with van der Waals surface area (Å²) in [5.74, 6) is -3.68. The van der Waals surface area contributed by atoms with Crippen molar-refractivity contribution < 1.29 is 23.4 Å². The van der Waals surface area contributed by atoms with E-state index in [-0.39, 0.29) is 0 Å². The number of nitrogens with one attached hydrogen (secondary N) is 1. The monoisotopic (exact) mass is 293 g/mol. The van der Waals surface area contributed by atoms with E-state index >= 15 is 0 Å². The molecule has 0 heterocycles. The van der Waals surface area contributed by atoms with E-state index in [1.54, 1.807) is 18.2 Å². The molecule has 0 aliphatic rings. The summed E-state index contributed by atoms with van der Waals surface area (Å²) in [5, 5.41) is 10.8. The molecule has 1 aromatic carbocycles. The zero-order valence-corrected chi connectivity index (χ0v) is 11.0. The zero-order valence-electron chi connectivity index (χ0n) is 10.2. The average molecular weight is 294 g/mol. The Hall–Kier alpha value is -1.40. The summed E-state index contributed by atoms with van der Waals surface area (Å²) < 4.78 is 30.7. The van der Waals surface area contributed by atoms with Crippen molar-refractivity contribution in [2.24, 2.45) is 0 Å². The maximum absolute atomic E-state index is 12.7. The van der Waals surface area contributed by atoms with Gasteiger partial charge in [-0.1, -0.05) is 17.7 Å². The Balaban J connectivity index is 2.49. The molecule has 0 saturated carbocycles. The predicted molar refractivity (Wildman–Crippen MR) is 66.6 cm³/mol. The normalized spacial score (nSPS) is 12.9. The Labute approximate surface area is 114 Å². The highest BCUT2D eigenvalue weighted by atomic mass is 35.5. The van der Waals surface area contributed by atoms with Crippen LogP contribution in [0.5, 0.6) is 5.75 Å². The van der Waals surface area contributed by atoms with Gasteiger partial charge in [0.05, 0.1) is 6.54 Å². The third-order valence-electron chi connectivity index (χ3n) is 2.23. The lowest BCUT2D eigenvalue weighted by Gasteiger charge is -2.17. The number of hydrogen-bond donors (Lipinski definition) is 2. The topological polar surface area (TPSA) is 58.6 Å². The molecule has 0 aliphatic heterocycles. The maximum Gasteiger partial charge on any atom is 0.287 e. The van der Waals surface area contributed by atoms with Crippen LogP contribution in [-0.4, -0.2) is 36.2 Å². The quantitative estimate of drug-likeness (QED) is 0.841. The van der Waals surface area contributed by atoms with Crippen LogP contribution < -0.4 is 10.1 Å². The molecule has 4 nitrogen and oxygen atoms in total. The van der Waals surface area contributed by atoms with E-state index in [1.165, 1.54) is 13.0 Å². The van der Waals surface area contributed by atoms with Gasteiger partial charge in [0.25, 0.3) is 11.8 Å². The molecular weight excluding hydrogens is 280 g/mol. The molecule has 1 unspecified atom stereocenters. The fourth-order valence-corrected chi connectivity index (χ4v) is 1.39. The van der Waals surface area contributed by atoms with Gasteiger partial charge in [0.15, 0.2) is 6.10 Å². The minimum absolute atomic E-state index is 0.365. The molecule has 0 spiro atoms. The summed E-state index contributed by atoms with van der Waals surface area (Å²) in [4.78, 5) is 11.5. The Kier molecular flexibility index (Phi) is 5.50. The van der Waals surface area contributed by atoms with Crippen molar-refractivity contribution in [3.8, 4) is 5.75 Å². The van der Waals surface area contributed by atoms with Gasteiger partial charge >= 0.3 is 0 Å². The predicted octanol–water partition coefficient (Wildman–Crippen LogP) is 1.85. The second kappa shape index (κ2) is 6.68. The molecule has 2 N–H and O–H groups in total. The average Bonchev–Trinajstić information content (AvgIpc) is 2.36. The SMILES string of the molecule is CC(Oc1cccc(Cl)c1)C(=O)NCC(F)(F)CO. The summed E-state index contributed by atoms with van der Waals surface area (Å²) in [5.41, 5.74) is 0. The van der Waals surface area contributed by atoms with Crippen LogP contribution in [0.2, 0.25) is 5.02 Å². The van der Waals surface area contributed by atoms with Crippen LogP contribution in [0.25, 0.3) is 0 Å². The minimum atomic E-state index is -3.34. The molecule has 0 aromatic heterocycles. The molecule has 19 heavy (non-hydrogen) atoms. The summed E-state index contributed by atoms with van der Waals surface area (Å²) in [6.07, 6.45) is -0.951. The van der Waals surface area contributed by atoms with Crippen LogP contribution in [-0.2, 0) is 4.79 Å². The third-order valence-corrected chi connectivity index (χ3v) is 2.47. The molecule has 0 radical (unpaired) electrons. The van der Waals surface area contributed by atoms with Crippen LogP contribution in [0.15, 0.2) is 24.3 Å². The number of alkyl halides is 2. The molecule has 7 heteroatoms. The Morgan fingerprint density at radius 3 is 2.84 bits per heavy atom.